The van der Waals surface area contributed by atoms with Crippen molar-refractivity contribution in [3.8, 4) is 5.69 Å². The van der Waals surface area contributed by atoms with Gasteiger partial charge in [-0.25, -0.2) is 14.4 Å². The number of benzene rings is 2. The zero-order valence-electron chi connectivity index (χ0n) is 17.5. The minimum Gasteiger partial charge on any atom is -0.351 e. The van der Waals surface area contributed by atoms with Gasteiger partial charge in [-0.15, -0.1) is 5.10 Å². The smallest absolute Gasteiger partial charge is 0.288 e. The van der Waals surface area contributed by atoms with E-state index >= 15 is 0 Å². The fourth-order valence-electron chi connectivity index (χ4n) is 3.84. The second-order valence-electron chi connectivity index (χ2n) is 7.55. The van der Waals surface area contributed by atoms with Crippen LogP contribution in [0, 0.1) is 15.9 Å². The van der Waals surface area contributed by atoms with Crippen molar-refractivity contribution >= 4 is 40.2 Å². The summed E-state index contributed by atoms with van der Waals surface area (Å²) in [6.07, 6.45) is 1.39. The minimum absolute atomic E-state index is 0.0227. The molecule has 1 amide bonds. The molecule has 4 aromatic rings. The van der Waals surface area contributed by atoms with Gasteiger partial charge in [0.05, 0.1) is 10.6 Å². The summed E-state index contributed by atoms with van der Waals surface area (Å²) in [5.41, 5.74) is 1.27. The Hall–Kier alpha value is -4.19. The van der Waals surface area contributed by atoms with E-state index < -0.39 is 10.7 Å². The number of piperazine rings is 1. The van der Waals surface area contributed by atoms with E-state index in [1.165, 1.54) is 41.3 Å². The lowest BCUT2D eigenvalue weighted by atomic mass is 10.1. The summed E-state index contributed by atoms with van der Waals surface area (Å²) in [7, 11) is 0. The van der Waals surface area contributed by atoms with Gasteiger partial charge < -0.3 is 9.80 Å². The van der Waals surface area contributed by atoms with E-state index in [2.05, 4.69) is 20.3 Å². The summed E-state index contributed by atoms with van der Waals surface area (Å²) in [6.45, 7) is 1.66. The molecule has 1 aliphatic rings. The van der Waals surface area contributed by atoms with Crippen LogP contribution in [0.3, 0.4) is 0 Å². The standard InChI is InChI=1S/C21H16ClFN8O3/c22-16-5-4-13(10-17(16)31(33)34)21(32)29-8-6-28(7-9-29)19-18-20(25-12-24-19)30(27-26-18)15-3-1-2-14(23)11-15/h1-5,10-12H,6-9H2. The lowest BCUT2D eigenvalue weighted by Gasteiger charge is -2.35. The Kier molecular flexibility index (Phi) is 5.49. The average Bonchev–Trinajstić information content (AvgIpc) is 3.28. The molecule has 0 aliphatic carbocycles. The Labute approximate surface area is 196 Å². The largest absolute Gasteiger partial charge is 0.351 e. The highest BCUT2D eigenvalue weighted by Gasteiger charge is 2.27. The second kappa shape index (κ2) is 8.63. The molecule has 34 heavy (non-hydrogen) atoms. The van der Waals surface area contributed by atoms with Crippen molar-refractivity contribution in [2.75, 3.05) is 31.1 Å². The third kappa shape index (κ3) is 3.88. The van der Waals surface area contributed by atoms with Crippen molar-refractivity contribution in [2.45, 2.75) is 0 Å². The maximum absolute atomic E-state index is 13.7. The van der Waals surface area contributed by atoms with Crippen molar-refractivity contribution < 1.29 is 14.1 Å². The molecule has 2 aromatic carbocycles. The van der Waals surface area contributed by atoms with Gasteiger partial charge in [0.2, 0.25) is 0 Å². The van der Waals surface area contributed by atoms with Gasteiger partial charge in [0.1, 0.15) is 17.2 Å². The molecule has 0 bridgehead atoms. The average molecular weight is 483 g/mol. The van der Waals surface area contributed by atoms with E-state index in [-0.39, 0.29) is 22.2 Å². The van der Waals surface area contributed by atoms with Crippen molar-refractivity contribution in [1.29, 1.82) is 0 Å². The van der Waals surface area contributed by atoms with Crippen molar-refractivity contribution in [3.05, 3.63) is 75.3 Å². The molecule has 11 nitrogen and oxygen atoms in total. The van der Waals surface area contributed by atoms with Gasteiger partial charge in [0.25, 0.3) is 11.6 Å². The van der Waals surface area contributed by atoms with Crippen LogP contribution in [0.2, 0.25) is 5.02 Å². The summed E-state index contributed by atoms with van der Waals surface area (Å²) in [6, 6.07) is 9.96. The van der Waals surface area contributed by atoms with Crippen LogP contribution in [-0.2, 0) is 0 Å². The number of rotatable bonds is 4. The van der Waals surface area contributed by atoms with Gasteiger partial charge in [-0.05, 0) is 30.3 Å². The van der Waals surface area contributed by atoms with Gasteiger partial charge in [0, 0.05) is 37.8 Å². The highest BCUT2D eigenvalue weighted by Crippen LogP contribution is 2.27. The molecule has 3 heterocycles. The van der Waals surface area contributed by atoms with Crippen LogP contribution in [0.15, 0.2) is 48.8 Å². The van der Waals surface area contributed by atoms with Crippen molar-refractivity contribution in [2.24, 2.45) is 0 Å². The summed E-state index contributed by atoms with van der Waals surface area (Å²) in [5, 5.41) is 19.4. The van der Waals surface area contributed by atoms with Crippen LogP contribution < -0.4 is 4.90 Å². The highest BCUT2D eigenvalue weighted by atomic mass is 35.5. The van der Waals surface area contributed by atoms with Gasteiger partial charge in [-0.2, -0.15) is 4.68 Å². The van der Waals surface area contributed by atoms with E-state index in [4.69, 9.17) is 11.6 Å². The Balaban J connectivity index is 1.35. The third-order valence-electron chi connectivity index (χ3n) is 5.53. The molecule has 0 spiro atoms. The number of nitrogens with zero attached hydrogens (tertiary/aromatic N) is 8. The first kappa shape index (κ1) is 21.6. The number of nitro groups is 1. The summed E-state index contributed by atoms with van der Waals surface area (Å²) in [4.78, 5) is 35.6. The number of amides is 1. The number of carbonyl (C=O) groups is 1. The molecular weight excluding hydrogens is 467 g/mol. The van der Waals surface area contributed by atoms with Crippen LogP contribution in [0.4, 0.5) is 15.9 Å². The number of halogens is 2. The van der Waals surface area contributed by atoms with E-state index in [1.807, 2.05) is 4.90 Å². The molecule has 1 fully saturated rings. The predicted octanol–water partition coefficient (Wildman–Crippen LogP) is 2.87. The van der Waals surface area contributed by atoms with E-state index in [9.17, 15) is 19.3 Å². The lowest BCUT2D eigenvalue weighted by Crippen LogP contribution is -2.49. The van der Waals surface area contributed by atoms with Crippen LogP contribution in [0.1, 0.15) is 10.4 Å². The molecule has 0 atom stereocenters. The fourth-order valence-corrected chi connectivity index (χ4v) is 4.03. The number of hydrogen-bond acceptors (Lipinski definition) is 8. The molecule has 172 valence electrons. The molecule has 5 rings (SSSR count). The molecule has 1 aliphatic heterocycles. The maximum atomic E-state index is 13.7. The van der Waals surface area contributed by atoms with Gasteiger partial charge in [0.15, 0.2) is 17.0 Å². The number of hydrogen-bond donors (Lipinski definition) is 0. The Bertz CT molecular complexity index is 1420. The Morgan fingerprint density at radius 1 is 1.09 bits per heavy atom. The number of anilines is 1. The molecular formula is C21H16ClFN8O3. The Morgan fingerprint density at radius 3 is 2.62 bits per heavy atom. The zero-order valence-corrected chi connectivity index (χ0v) is 18.3. The molecule has 0 unspecified atom stereocenters. The Morgan fingerprint density at radius 2 is 1.88 bits per heavy atom. The molecule has 0 saturated carbocycles. The molecule has 2 aromatic heterocycles. The van der Waals surface area contributed by atoms with Gasteiger partial charge in [-0.3, -0.25) is 14.9 Å². The van der Waals surface area contributed by atoms with Crippen molar-refractivity contribution in [3.63, 3.8) is 0 Å². The fraction of sp³-hybridized carbons (Fsp3) is 0.190. The maximum Gasteiger partial charge on any atom is 0.288 e. The minimum atomic E-state index is -0.617. The van der Waals surface area contributed by atoms with Crippen LogP contribution in [0.5, 0.6) is 0 Å². The van der Waals surface area contributed by atoms with E-state index in [0.717, 1.165) is 0 Å². The van der Waals surface area contributed by atoms with Gasteiger partial charge in [-0.1, -0.05) is 22.9 Å². The molecule has 0 radical (unpaired) electrons. The molecule has 13 heteroatoms. The quantitative estimate of drug-likeness (QED) is 0.321. The van der Waals surface area contributed by atoms with E-state index in [1.54, 1.807) is 17.0 Å². The summed E-state index contributed by atoms with van der Waals surface area (Å²) < 4.78 is 15.1. The third-order valence-corrected chi connectivity index (χ3v) is 5.85. The van der Waals surface area contributed by atoms with Crippen LogP contribution in [-0.4, -0.2) is 66.9 Å². The first-order valence-electron chi connectivity index (χ1n) is 10.2. The van der Waals surface area contributed by atoms with Gasteiger partial charge >= 0.3 is 0 Å². The molecule has 1 saturated heterocycles. The zero-order chi connectivity index (χ0) is 23.8. The molecule has 0 N–H and O–H groups in total. The highest BCUT2D eigenvalue weighted by molar-refractivity contribution is 6.32. The van der Waals surface area contributed by atoms with Crippen molar-refractivity contribution in [1.82, 2.24) is 29.9 Å². The first-order valence-corrected chi connectivity index (χ1v) is 10.6. The summed E-state index contributed by atoms with van der Waals surface area (Å²) in [5.74, 6) is -0.159. The van der Waals surface area contributed by atoms with Crippen LogP contribution in [0.25, 0.3) is 16.9 Å². The number of fused-ring (bicyclic) bond motifs is 1. The number of nitro benzene ring substituents is 1. The van der Waals surface area contributed by atoms with Crippen LogP contribution >= 0.6 is 11.6 Å². The first-order chi connectivity index (χ1) is 16.4. The predicted molar refractivity (Wildman–Crippen MR) is 121 cm³/mol. The number of carbonyl (C=O) groups excluding carboxylic acids is 1. The topological polar surface area (TPSA) is 123 Å². The number of aromatic nitrogens is 5. The van der Waals surface area contributed by atoms with E-state index in [0.29, 0.717) is 48.8 Å². The second-order valence-corrected chi connectivity index (χ2v) is 7.96. The normalized spacial score (nSPS) is 13.9. The summed E-state index contributed by atoms with van der Waals surface area (Å²) >= 11 is 5.85. The monoisotopic (exact) mass is 482 g/mol. The lowest BCUT2D eigenvalue weighted by molar-refractivity contribution is -0.384. The SMILES string of the molecule is O=C(c1ccc(Cl)c([N+](=O)[O-])c1)N1CCN(c2ncnc3c2nnn3-c2cccc(F)c2)CC1.